The van der Waals surface area contributed by atoms with Gasteiger partial charge in [0, 0.05) is 24.2 Å². The second-order valence-electron chi connectivity index (χ2n) is 7.00. The Labute approximate surface area is 136 Å². The molecule has 1 amide bonds. The molecule has 1 aliphatic heterocycles. The van der Waals surface area contributed by atoms with E-state index in [0.717, 1.165) is 48.8 Å². The van der Waals surface area contributed by atoms with Gasteiger partial charge in [0.1, 0.15) is 0 Å². The van der Waals surface area contributed by atoms with Crippen molar-refractivity contribution in [2.24, 2.45) is 0 Å². The molecule has 0 radical (unpaired) electrons. The van der Waals surface area contributed by atoms with Gasteiger partial charge in [-0.25, -0.2) is 0 Å². The van der Waals surface area contributed by atoms with Crippen LogP contribution in [-0.4, -0.2) is 29.1 Å². The molecule has 1 saturated heterocycles. The number of carbonyl (C=O) groups excluding carboxylic acids is 1. The lowest BCUT2D eigenvalue weighted by Crippen LogP contribution is -2.49. The predicted octanol–water partition coefficient (Wildman–Crippen LogP) is 3.78. The van der Waals surface area contributed by atoms with E-state index in [0.29, 0.717) is 0 Å². The van der Waals surface area contributed by atoms with Gasteiger partial charge in [-0.1, -0.05) is 31.4 Å². The van der Waals surface area contributed by atoms with Crippen molar-refractivity contribution in [2.45, 2.75) is 56.6 Å². The Bertz CT molecular complexity index is 695. The molecule has 1 aromatic heterocycles. The van der Waals surface area contributed by atoms with E-state index >= 15 is 0 Å². The standard InChI is InChI=1S/C19H24N2O2/c22-18(16-6-4-5-14-7-11-20-17(14)16)21-15-8-12-23-19(13-15)9-2-1-3-10-19/h4-7,11,15,20H,1-3,8-10,12-13H2,(H,21,22)/t15-/m1/s1. The largest absolute Gasteiger partial charge is 0.375 e. The number of hydrogen-bond acceptors (Lipinski definition) is 2. The molecule has 2 aromatic rings. The average Bonchev–Trinajstić information content (AvgIpc) is 3.04. The smallest absolute Gasteiger partial charge is 0.253 e. The van der Waals surface area contributed by atoms with Crippen LogP contribution in [0.2, 0.25) is 0 Å². The van der Waals surface area contributed by atoms with Crippen molar-refractivity contribution in [3.8, 4) is 0 Å². The summed E-state index contributed by atoms with van der Waals surface area (Å²) in [6, 6.07) is 8.08. The van der Waals surface area contributed by atoms with Crippen LogP contribution in [0.15, 0.2) is 30.5 Å². The van der Waals surface area contributed by atoms with Crippen molar-refractivity contribution in [1.82, 2.24) is 10.3 Å². The lowest BCUT2D eigenvalue weighted by molar-refractivity contribution is -0.107. The Kier molecular flexibility index (Phi) is 3.85. The van der Waals surface area contributed by atoms with Crippen LogP contribution in [0, 0.1) is 0 Å². The first-order chi connectivity index (χ1) is 11.3. The maximum Gasteiger partial charge on any atom is 0.253 e. The SMILES string of the molecule is O=C(N[C@@H]1CCOC2(CCCCC2)C1)c1cccc2cc[nH]c12. The number of rotatable bonds is 2. The van der Waals surface area contributed by atoms with Gasteiger partial charge in [0.05, 0.1) is 16.7 Å². The number of benzene rings is 1. The molecule has 23 heavy (non-hydrogen) atoms. The number of H-pyrrole nitrogens is 1. The van der Waals surface area contributed by atoms with Crippen LogP contribution < -0.4 is 5.32 Å². The van der Waals surface area contributed by atoms with Crippen LogP contribution in [0.1, 0.15) is 55.3 Å². The molecule has 2 N–H and O–H groups in total. The minimum Gasteiger partial charge on any atom is -0.375 e. The first kappa shape index (κ1) is 14.8. The molecule has 1 spiro atoms. The van der Waals surface area contributed by atoms with Gasteiger partial charge in [-0.3, -0.25) is 4.79 Å². The van der Waals surface area contributed by atoms with Crippen LogP contribution in [0.3, 0.4) is 0 Å². The fourth-order valence-electron chi connectivity index (χ4n) is 4.23. The average molecular weight is 312 g/mol. The van der Waals surface area contributed by atoms with Gasteiger partial charge >= 0.3 is 0 Å². The number of aromatic nitrogens is 1. The number of nitrogens with one attached hydrogen (secondary N) is 2. The number of amides is 1. The van der Waals surface area contributed by atoms with Crippen LogP contribution >= 0.6 is 0 Å². The molecule has 2 heterocycles. The fraction of sp³-hybridized carbons (Fsp3) is 0.526. The lowest BCUT2D eigenvalue weighted by Gasteiger charge is -2.43. The van der Waals surface area contributed by atoms with Gasteiger partial charge in [-0.05, 0) is 37.8 Å². The number of carbonyl (C=O) groups is 1. The Hall–Kier alpha value is -1.81. The zero-order valence-electron chi connectivity index (χ0n) is 13.4. The summed E-state index contributed by atoms with van der Waals surface area (Å²) >= 11 is 0. The maximum atomic E-state index is 12.7. The molecule has 4 nitrogen and oxygen atoms in total. The highest BCUT2D eigenvalue weighted by Gasteiger charge is 2.38. The van der Waals surface area contributed by atoms with Crippen molar-refractivity contribution < 1.29 is 9.53 Å². The van der Waals surface area contributed by atoms with Crippen LogP contribution in [0.25, 0.3) is 10.9 Å². The molecule has 1 saturated carbocycles. The molecule has 1 aliphatic carbocycles. The summed E-state index contributed by atoms with van der Waals surface area (Å²) in [7, 11) is 0. The molecule has 2 aliphatic rings. The normalized spacial score (nSPS) is 23.9. The molecule has 1 aromatic carbocycles. The number of aromatic amines is 1. The third-order valence-electron chi connectivity index (χ3n) is 5.42. The van der Waals surface area contributed by atoms with Gasteiger partial charge in [0.15, 0.2) is 0 Å². The van der Waals surface area contributed by atoms with Crippen LogP contribution in [-0.2, 0) is 4.74 Å². The first-order valence-corrected chi connectivity index (χ1v) is 8.77. The number of para-hydroxylation sites is 1. The van der Waals surface area contributed by atoms with Gasteiger partial charge < -0.3 is 15.0 Å². The molecule has 122 valence electrons. The van der Waals surface area contributed by atoms with E-state index in [1.807, 2.05) is 30.5 Å². The van der Waals surface area contributed by atoms with Gasteiger partial charge in [0.2, 0.25) is 0 Å². The zero-order valence-corrected chi connectivity index (χ0v) is 13.4. The van der Waals surface area contributed by atoms with Crippen molar-refractivity contribution >= 4 is 16.8 Å². The molecular weight excluding hydrogens is 288 g/mol. The summed E-state index contributed by atoms with van der Waals surface area (Å²) in [6.07, 6.45) is 9.86. The zero-order chi connectivity index (χ0) is 15.7. The lowest BCUT2D eigenvalue weighted by atomic mass is 9.78. The predicted molar refractivity (Wildman–Crippen MR) is 90.6 cm³/mol. The highest BCUT2D eigenvalue weighted by Crippen LogP contribution is 2.38. The quantitative estimate of drug-likeness (QED) is 0.886. The summed E-state index contributed by atoms with van der Waals surface area (Å²) < 4.78 is 6.12. The second-order valence-corrected chi connectivity index (χ2v) is 7.00. The van der Waals surface area contributed by atoms with E-state index in [-0.39, 0.29) is 17.6 Å². The summed E-state index contributed by atoms with van der Waals surface area (Å²) in [5.41, 5.74) is 1.67. The van der Waals surface area contributed by atoms with Gasteiger partial charge in [-0.15, -0.1) is 0 Å². The minimum absolute atomic E-state index is 0.0207. The summed E-state index contributed by atoms with van der Waals surface area (Å²) in [5.74, 6) is 0.0240. The highest BCUT2D eigenvalue weighted by molar-refractivity contribution is 6.05. The third kappa shape index (κ3) is 2.88. The Morgan fingerprint density at radius 2 is 2.09 bits per heavy atom. The summed E-state index contributed by atoms with van der Waals surface area (Å²) in [5, 5.41) is 4.33. The minimum atomic E-state index is 0.0207. The molecular formula is C19H24N2O2. The van der Waals surface area contributed by atoms with E-state index in [1.54, 1.807) is 0 Å². The van der Waals surface area contributed by atoms with Crippen LogP contribution in [0.4, 0.5) is 0 Å². The second kappa shape index (κ2) is 6.00. The van der Waals surface area contributed by atoms with Gasteiger partial charge in [0.25, 0.3) is 5.91 Å². The monoisotopic (exact) mass is 312 g/mol. The van der Waals surface area contributed by atoms with Crippen molar-refractivity contribution in [3.63, 3.8) is 0 Å². The van der Waals surface area contributed by atoms with Crippen LogP contribution in [0.5, 0.6) is 0 Å². The van der Waals surface area contributed by atoms with E-state index in [9.17, 15) is 4.79 Å². The van der Waals surface area contributed by atoms with E-state index in [1.165, 1.54) is 19.3 Å². The van der Waals surface area contributed by atoms with Gasteiger partial charge in [-0.2, -0.15) is 0 Å². The van der Waals surface area contributed by atoms with E-state index < -0.39 is 0 Å². The molecule has 0 unspecified atom stereocenters. The molecule has 4 rings (SSSR count). The molecule has 0 bridgehead atoms. The van der Waals surface area contributed by atoms with Crippen molar-refractivity contribution in [1.29, 1.82) is 0 Å². The first-order valence-electron chi connectivity index (χ1n) is 8.77. The van der Waals surface area contributed by atoms with E-state index in [2.05, 4.69) is 10.3 Å². The summed E-state index contributed by atoms with van der Waals surface area (Å²) in [6.45, 7) is 0.762. The number of hydrogen-bond donors (Lipinski definition) is 2. The Morgan fingerprint density at radius 3 is 2.96 bits per heavy atom. The topological polar surface area (TPSA) is 54.1 Å². The highest BCUT2D eigenvalue weighted by atomic mass is 16.5. The Morgan fingerprint density at radius 1 is 1.22 bits per heavy atom. The van der Waals surface area contributed by atoms with Crippen molar-refractivity contribution in [3.05, 3.63) is 36.0 Å². The molecule has 1 atom stereocenters. The summed E-state index contributed by atoms with van der Waals surface area (Å²) in [4.78, 5) is 15.9. The Balaban J connectivity index is 1.49. The maximum absolute atomic E-state index is 12.7. The molecule has 4 heteroatoms. The van der Waals surface area contributed by atoms with Crippen molar-refractivity contribution in [2.75, 3.05) is 6.61 Å². The molecule has 2 fully saturated rings. The fourth-order valence-corrected chi connectivity index (χ4v) is 4.23. The third-order valence-corrected chi connectivity index (χ3v) is 5.42. The number of fused-ring (bicyclic) bond motifs is 1. The number of ether oxygens (including phenoxy) is 1. The van der Waals surface area contributed by atoms with E-state index in [4.69, 9.17) is 4.74 Å².